The first-order valence-corrected chi connectivity index (χ1v) is 6.38. The minimum absolute atomic E-state index is 0.100. The van der Waals surface area contributed by atoms with Gasteiger partial charge in [0.1, 0.15) is 5.82 Å². The van der Waals surface area contributed by atoms with Crippen molar-refractivity contribution >= 4 is 23.8 Å². The molecule has 1 aromatic carbocycles. The number of aromatic amines is 1. The number of hydrogen-bond donors (Lipinski definition) is 1. The minimum atomic E-state index is -0.459. The number of rotatable bonds is 3. The second kappa shape index (κ2) is 5.20. The predicted molar refractivity (Wildman–Crippen MR) is 72.7 cm³/mol. The van der Waals surface area contributed by atoms with Crippen LogP contribution in [-0.4, -0.2) is 14.8 Å². The van der Waals surface area contributed by atoms with E-state index in [2.05, 4.69) is 24.0 Å². The number of hydrogen-bond acceptors (Lipinski definition) is 2. The number of aromatic nitrogens is 3. The summed E-state index contributed by atoms with van der Waals surface area (Å²) in [5, 5.41) is 6.98. The first-order chi connectivity index (χ1) is 8.49. The Morgan fingerprint density at radius 3 is 2.83 bits per heavy atom. The number of benzene rings is 1. The highest BCUT2D eigenvalue weighted by Gasteiger charge is 2.11. The molecule has 2 aromatic rings. The van der Waals surface area contributed by atoms with Gasteiger partial charge >= 0.3 is 0 Å². The predicted octanol–water partition coefficient (Wildman–Crippen LogP) is 4.06. The van der Waals surface area contributed by atoms with E-state index < -0.39 is 5.82 Å². The van der Waals surface area contributed by atoms with Crippen molar-refractivity contribution in [2.24, 2.45) is 5.92 Å². The maximum atomic E-state index is 13.5. The van der Waals surface area contributed by atoms with E-state index in [9.17, 15) is 4.39 Å². The highest BCUT2D eigenvalue weighted by atomic mass is 35.5. The van der Waals surface area contributed by atoms with E-state index in [1.54, 1.807) is 6.07 Å². The van der Waals surface area contributed by atoms with Gasteiger partial charge in [-0.15, -0.1) is 0 Å². The van der Waals surface area contributed by atoms with Gasteiger partial charge in [0.05, 0.1) is 5.02 Å². The molecule has 0 aliphatic carbocycles. The van der Waals surface area contributed by atoms with Crippen LogP contribution in [0.2, 0.25) is 5.02 Å². The molecule has 0 amide bonds. The van der Waals surface area contributed by atoms with Gasteiger partial charge in [-0.3, -0.25) is 9.67 Å². The fraction of sp³-hybridized carbons (Fsp3) is 0.333. The van der Waals surface area contributed by atoms with Crippen LogP contribution < -0.4 is 0 Å². The van der Waals surface area contributed by atoms with Gasteiger partial charge in [-0.05, 0) is 36.3 Å². The van der Waals surface area contributed by atoms with Gasteiger partial charge in [-0.1, -0.05) is 25.4 Å². The summed E-state index contributed by atoms with van der Waals surface area (Å²) in [4.78, 5) is 0. The molecule has 0 fully saturated rings. The van der Waals surface area contributed by atoms with Crippen molar-refractivity contribution in [1.82, 2.24) is 14.8 Å². The Hall–Kier alpha value is -1.20. The molecular weight excluding hydrogens is 273 g/mol. The summed E-state index contributed by atoms with van der Waals surface area (Å²) in [6, 6.07) is 4.61. The zero-order valence-electron chi connectivity index (χ0n) is 10.1. The summed E-state index contributed by atoms with van der Waals surface area (Å²) in [6.45, 7) is 4.90. The summed E-state index contributed by atoms with van der Waals surface area (Å²) < 4.78 is 15.9. The normalized spacial score (nSPS) is 11.2. The largest absolute Gasteiger partial charge is 0.300 e. The van der Waals surface area contributed by atoms with E-state index in [4.69, 9.17) is 23.8 Å². The smallest absolute Gasteiger partial charge is 0.195 e. The van der Waals surface area contributed by atoms with E-state index in [0.29, 0.717) is 22.1 Å². The van der Waals surface area contributed by atoms with Crippen LogP contribution >= 0.6 is 23.8 Å². The molecule has 1 aromatic heterocycles. The molecule has 2 rings (SSSR count). The molecule has 18 heavy (non-hydrogen) atoms. The lowest BCUT2D eigenvalue weighted by atomic mass is 10.2. The summed E-state index contributed by atoms with van der Waals surface area (Å²) >= 11 is 10.8. The van der Waals surface area contributed by atoms with Crippen LogP contribution in [0.5, 0.6) is 0 Å². The van der Waals surface area contributed by atoms with Gasteiger partial charge in [-0.25, -0.2) is 4.39 Å². The molecule has 0 saturated heterocycles. The molecule has 1 N–H and O–H groups in total. The average Bonchev–Trinajstić information content (AvgIpc) is 2.64. The van der Waals surface area contributed by atoms with Crippen LogP contribution in [0, 0.1) is 16.5 Å². The Kier molecular flexibility index (Phi) is 3.82. The average molecular weight is 286 g/mol. The first-order valence-electron chi connectivity index (χ1n) is 5.59. The zero-order chi connectivity index (χ0) is 13.3. The molecule has 0 atom stereocenters. The molecule has 0 bridgehead atoms. The zero-order valence-corrected chi connectivity index (χ0v) is 11.6. The number of nitrogens with zero attached hydrogens (tertiary/aromatic N) is 2. The van der Waals surface area contributed by atoms with Crippen LogP contribution in [0.15, 0.2) is 18.2 Å². The summed E-state index contributed by atoms with van der Waals surface area (Å²) in [5.41, 5.74) is 0.657. The molecule has 3 nitrogen and oxygen atoms in total. The van der Waals surface area contributed by atoms with Gasteiger partial charge in [0.15, 0.2) is 10.6 Å². The van der Waals surface area contributed by atoms with Crippen molar-refractivity contribution in [1.29, 1.82) is 0 Å². The number of nitrogens with one attached hydrogen (secondary N) is 1. The van der Waals surface area contributed by atoms with Crippen molar-refractivity contribution in [3.63, 3.8) is 0 Å². The van der Waals surface area contributed by atoms with E-state index >= 15 is 0 Å². The van der Waals surface area contributed by atoms with Gasteiger partial charge in [0.25, 0.3) is 0 Å². The van der Waals surface area contributed by atoms with Crippen LogP contribution in [0.25, 0.3) is 11.4 Å². The Balaban J connectivity index is 2.50. The molecule has 0 saturated carbocycles. The topological polar surface area (TPSA) is 33.6 Å². The number of H-pyrrole nitrogens is 1. The van der Waals surface area contributed by atoms with Crippen molar-refractivity contribution in [2.45, 2.75) is 20.4 Å². The lowest BCUT2D eigenvalue weighted by Gasteiger charge is -2.09. The van der Waals surface area contributed by atoms with E-state index in [1.165, 1.54) is 12.1 Å². The fourth-order valence-electron chi connectivity index (χ4n) is 1.71. The molecule has 0 radical (unpaired) electrons. The molecule has 0 unspecified atom stereocenters. The molecule has 96 valence electrons. The Bertz CT molecular complexity index is 618. The van der Waals surface area contributed by atoms with Crippen molar-refractivity contribution < 1.29 is 4.39 Å². The molecular formula is C12H13ClFN3S. The second-order valence-electron chi connectivity index (χ2n) is 4.49. The highest BCUT2D eigenvalue weighted by molar-refractivity contribution is 7.71. The Morgan fingerprint density at radius 2 is 2.22 bits per heavy atom. The first kappa shape index (κ1) is 13.2. The van der Waals surface area contributed by atoms with Crippen molar-refractivity contribution in [3.8, 4) is 11.4 Å². The Morgan fingerprint density at radius 1 is 1.50 bits per heavy atom. The molecule has 6 heteroatoms. The van der Waals surface area contributed by atoms with Gasteiger partial charge in [-0.2, -0.15) is 5.10 Å². The molecule has 1 heterocycles. The highest BCUT2D eigenvalue weighted by Crippen LogP contribution is 2.23. The van der Waals surface area contributed by atoms with Gasteiger partial charge in [0, 0.05) is 12.1 Å². The van der Waals surface area contributed by atoms with E-state index in [-0.39, 0.29) is 5.02 Å². The van der Waals surface area contributed by atoms with Crippen LogP contribution in [-0.2, 0) is 6.54 Å². The third-order valence-corrected chi connectivity index (χ3v) is 3.10. The molecule has 0 spiro atoms. The number of halogens is 2. The third kappa shape index (κ3) is 2.62. The molecule has 0 aliphatic rings. The second-order valence-corrected chi connectivity index (χ2v) is 5.28. The van der Waals surface area contributed by atoms with Crippen molar-refractivity contribution in [3.05, 3.63) is 33.8 Å². The minimum Gasteiger partial charge on any atom is -0.300 e. The maximum absolute atomic E-state index is 13.5. The lowest BCUT2D eigenvalue weighted by Crippen LogP contribution is -2.06. The monoisotopic (exact) mass is 285 g/mol. The Labute approximate surface area is 115 Å². The van der Waals surface area contributed by atoms with E-state index in [1.807, 2.05) is 4.57 Å². The standard InChI is InChI=1S/C12H13ClFN3S/c1-7(2)6-17-11(15-16-12(17)18)8-3-4-9(13)10(14)5-8/h3-5,7H,6H2,1-2H3,(H,16,18). The summed E-state index contributed by atoms with van der Waals surface area (Å²) in [5.74, 6) is 0.591. The van der Waals surface area contributed by atoms with Gasteiger partial charge < -0.3 is 0 Å². The SMILES string of the molecule is CC(C)Cn1c(-c2ccc(Cl)c(F)c2)n[nH]c1=S. The van der Waals surface area contributed by atoms with Crippen LogP contribution in [0.1, 0.15) is 13.8 Å². The lowest BCUT2D eigenvalue weighted by molar-refractivity contribution is 0.521. The van der Waals surface area contributed by atoms with Gasteiger partial charge in [0.2, 0.25) is 0 Å². The summed E-state index contributed by atoms with van der Waals surface area (Å²) in [6.07, 6.45) is 0. The maximum Gasteiger partial charge on any atom is 0.195 e. The molecule has 0 aliphatic heterocycles. The van der Waals surface area contributed by atoms with E-state index in [0.717, 1.165) is 6.54 Å². The quantitative estimate of drug-likeness (QED) is 0.863. The van der Waals surface area contributed by atoms with Crippen LogP contribution in [0.4, 0.5) is 4.39 Å². The van der Waals surface area contributed by atoms with Crippen molar-refractivity contribution in [2.75, 3.05) is 0 Å². The van der Waals surface area contributed by atoms with Crippen LogP contribution in [0.3, 0.4) is 0 Å². The summed E-state index contributed by atoms with van der Waals surface area (Å²) in [7, 11) is 0. The fourth-order valence-corrected chi connectivity index (χ4v) is 2.03. The third-order valence-electron chi connectivity index (χ3n) is 2.48.